The van der Waals surface area contributed by atoms with Crippen LogP contribution < -0.4 is 4.74 Å². The van der Waals surface area contributed by atoms with Crippen molar-refractivity contribution in [3.8, 4) is 5.75 Å². The van der Waals surface area contributed by atoms with Crippen LogP contribution in [0.2, 0.25) is 5.02 Å². The lowest BCUT2D eigenvalue weighted by Gasteiger charge is -2.18. The Morgan fingerprint density at radius 1 is 1.03 bits per heavy atom. The molecule has 29 heavy (non-hydrogen) atoms. The van der Waals surface area contributed by atoms with E-state index in [1.165, 1.54) is 31.2 Å². The fourth-order valence-corrected chi connectivity index (χ4v) is 2.77. The Balaban J connectivity index is 2.28. The van der Waals surface area contributed by atoms with E-state index >= 15 is 0 Å². The zero-order valence-electron chi connectivity index (χ0n) is 15.2. The Kier molecular flexibility index (Phi) is 7.61. The van der Waals surface area contributed by atoms with E-state index in [4.69, 9.17) is 11.6 Å². The van der Waals surface area contributed by atoms with Gasteiger partial charge in [0.1, 0.15) is 5.75 Å². The molecule has 0 saturated heterocycles. The average Bonchev–Trinajstić information content (AvgIpc) is 2.66. The van der Waals surface area contributed by atoms with Crippen LogP contribution in [0.3, 0.4) is 0 Å². The lowest BCUT2D eigenvalue weighted by Crippen LogP contribution is -2.25. The van der Waals surface area contributed by atoms with Gasteiger partial charge in [0, 0.05) is 17.0 Å². The molecule has 0 saturated carbocycles. The van der Waals surface area contributed by atoms with E-state index in [9.17, 15) is 27.2 Å². The zero-order valence-corrected chi connectivity index (χ0v) is 16.0. The highest BCUT2D eigenvalue weighted by Gasteiger charge is 2.32. The highest BCUT2D eigenvalue weighted by Crippen LogP contribution is 2.30. The molecular weight excluding hydrogens is 416 g/mol. The number of carbonyl (C=O) groups excluding carboxylic acids is 2. The molecule has 0 aliphatic rings. The van der Waals surface area contributed by atoms with Crippen molar-refractivity contribution in [3.63, 3.8) is 0 Å². The van der Waals surface area contributed by atoms with Crippen molar-refractivity contribution < 1.29 is 36.6 Å². The minimum absolute atomic E-state index is 0.0144. The van der Waals surface area contributed by atoms with Crippen molar-refractivity contribution in [1.82, 2.24) is 0 Å². The number of carbonyl (C=O) groups is 2. The molecule has 0 bridgehead atoms. The van der Waals surface area contributed by atoms with Gasteiger partial charge in [-0.3, -0.25) is 4.79 Å². The topological polar surface area (TPSA) is 52.6 Å². The molecule has 0 fully saturated rings. The normalized spacial score (nSPS) is 13.4. The van der Waals surface area contributed by atoms with Gasteiger partial charge in [0.2, 0.25) is 0 Å². The summed E-state index contributed by atoms with van der Waals surface area (Å²) >= 11 is 5.84. The molecule has 2 aromatic rings. The molecule has 0 heterocycles. The number of Topliss-reactive ketones (excluding diaryl/α,β-unsaturated/α-hetero) is 1. The lowest BCUT2D eigenvalue weighted by atomic mass is 9.86. The first-order chi connectivity index (χ1) is 13.6. The fraction of sp³-hybridized carbons (Fsp3) is 0.300. The molecule has 0 amide bonds. The maximum atomic E-state index is 14.3. The van der Waals surface area contributed by atoms with Gasteiger partial charge in [0.25, 0.3) is 0 Å². The third-order valence-corrected chi connectivity index (χ3v) is 4.20. The van der Waals surface area contributed by atoms with Crippen molar-refractivity contribution in [2.24, 2.45) is 0 Å². The van der Waals surface area contributed by atoms with Gasteiger partial charge in [-0.15, -0.1) is 13.2 Å². The molecular formula is C20H17ClF4O4. The molecule has 0 aliphatic carbocycles. The van der Waals surface area contributed by atoms with Gasteiger partial charge >= 0.3 is 12.3 Å². The number of benzene rings is 2. The summed E-state index contributed by atoms with van der Waals surface area (Å²) in [7, 11) is 0. The summed E-state index contributed by atoms with van der Waals surface area (Å²) in [5.41, 5.74) is 0.442. The van der Waals surface area contributed by atoms with Crippen LogP contribution in [0.4, 0.5) is 17.6 Å². The molecule has 2 rings (SSSR count). The minimum Gasteiger partial charge on any atom is -0.464 e. The summed E-state index contributed by atoms with van der Waals surface area (Å²) in [5.74, 6) is -3.22. The van der Waals surface area contributed by atoms with E-state index in [2.05, 4.69) is 9.47 Å². The standard InChI is InChI=1S/C20H17ClF4O4/c1-2-28-19(27)17(22)11-16(12-3-7-14(21)8-4-12)18(26)13-5-9-15(10-6-13)29-20(23,24)25/h3-10,16-17H,2,11H2,1H3. The average molecular weight is 433 g/mol. The van der Waals surface area contributed by atoms with Crippen molar-refractivity contribution in [2.75, 3.05) is 6.61 Å². The molecule has 2 unspecified atom stereocenters. The van der Waals surface area contributed by atoms with E-state index in [0.29, 0.717) is 10.6 Å². The van der Waals surface area contributed by atoms with E-state index in [1.807, 2.05) is 0 Å². The molecule has 0 radical (unpaired) electrons. The second-order valence-electron chi connectivity index (χ2n) is 6.00. The number of hydrogen-bond acceptors (Lipinski definition) is 4. The van der Waals surface area contributed by atoms with Gasteiger partial charge < -0.3 is 9.47 Å². The Morgan fingerprint density at radius 2 is 1.62 bits per heavy atom. The lowest BCUT2D eigenvalue weighted by molar-refractivity contribution is -0.274. The SMILES string of the molecule is CCOC(=O)C(F)CC(C(=O)c1ccc(OC(F)(F)F)cc1)c1ccc(Cl)cc1. The Morgan fingerprint density at radius 3 is 2.14 bits per heavy atom. The molecule has 0 spiro atoms. The number of ketones is 1. The first-order valence-corrected chi connectivity index (χ1v) is 8.94. The van der Waals surface area contributed by atoms with Crippen molar-refractivity contribution in [2.45, 2.75) is 31.8 Å². The summed E-state index contributed by atoms with van der Waals surface area (Å²) in [5, 5.41) is 0.399. The third-order valence-electron chi connectivity index (χ3n) is 3.95. The number of alkyl halides is 4. The summed E-state index contributed by atoms with van der Waals surface area (Å²) < 4.78 is 59.6. The van der Waals surface area contributed by atoms with Gasteiger partial charge in [-0.2, -0.15) is 0 Å². The Hall–Kier alpha value is -2.61. The van der Waals surface area contributed by atoms with Crippen LogP contribution in [-0.4, -0.2) is 30.9 Å². The highest BCUT2D eigenvalue weighted by atomic mass is 35.5. The van der Waals surface area contributed by atoms with Crippen molar-refractivity contribution in [1.29, 1.82) is 0 Å². The van der Waals surface area contributed by atoms with Crippen LogP contribution in [0.15, 0.2) is 48.5 Å². The predicted octanol–water partition coefficient (Wildman–Crippen LogP) is 5.50. The minimum atomic E-state index is -4.86. The van der Waals surface area contributed by atoms with Crippen LogP contribution in [0.1, 0.15) is 35.2 Å². The molecule has 0 aliphatic heterocycles. The van der Waals surface area contributed by atoms with Crippen LogP contribution >= 0.6 is 11.6 Å². The summed E-state index contributed by atoms with van der Waals surface area (Å²) in [6.45, 7) is 1.51. The maximum absolute atomic E-state index is 14.3. The quantitative estimate of drug-likeness (QED) is 0.314. The van der Waals surface area contributed by atoms with Crippen LogP contribution in [0.5, 0.6) is 5.75 Å². The summed E-state index contributed by atoms with van der Waals surface area (Å²) in [6.07, 6.45) is -7.40. The van der Waals surface area contributed by atoms with Crippen LogP contribution in [0.25, 0.3) is 0 Å². The monoisotopic (exact) mass is 432 g/mol. The molecule has 156 valence electrons. The molecule has 9 heteroatoms. The largest absolute Gasteiger partial charge is 0.573 e. The van der Waals surface area contributed by atoms with Gasteiger partial charge in [0.15, 0.2) is 12.0 Å². The second kappa shape index (κ2) is 9.73. The maximum Gasteiger partial charge on any atom is 0.573 e. The number of hydrogen-bond donors (Lipinski definition) is 0. The molecule has 4 nitrogen and oxygen atoms in total. The number of ether oxygens (including phenoxy) is 2. The van der Waals surface area contributed by atoms with Gasteiger partial charge in [0.05, 0.1) is 12.5 Å². The highest BCUT2D eigenvalue weighted by molar-refractivity contribution is 6.30. The Bertz CT molecular complexity index is 835. The smallest absolute Gasteiger partial charge is 0.464 e. The number of halogens is 5. The van der Waals surface area contributed by atoms with Crippen molar-refractivity contribution >= 4 is 23.4 Å². The van der Waals surface area contributed by atoms with E-state index in [1.54, 1.807) is 0 Å². The fourth-order valence-electron chi connectivity index (χ4n) is 2.65. The van der Waals surface area contributed by atoms with E-state index in [-0.39, 0.29) is 12.2 Å². The third kappa shape index (κ3) is 6.74. The summed E-state index contributed by atoms with van der Waals surface area (Å²) in [6, 6.07) is 10.3. The van der Waals surface area contributed by atoms with Crippen LogP contribution in [-0.2, 0) is 9.53 Å². The first kappa shape index (κ1) is 22.7. The van der Waals surface area contributed by atoms with Crippen LogP contribution in [0, 0.1) is 0 Å². The van der Waals surface area contributed by atoms with E-state index < -0.39 is 42.4 Å². The Labute approximate surface area is 169 Å². The van der Waals surface area contributed by atoms with E-state index in [0.717, 1.165) is 24.3 Å². The van der Waals surface area contributed by atoms with Gasteiger partial charge in [-0.05, 0) is 48.9 Å². The molecule has 0 N–H and O–H groups in total. The summed E-state index contributed by atoms with van der Waals surface area (Å²) in [4.78, 5) is 24.6. The number of rotatable bonds is 8. The first-order valence-electron chi connectivity index (χ1n) is 8.57. The molecule has 2 atom stereocenters. The number of esters is 1. The zero-order chi connectivity index (χ0) is 21.6. The predicted molar refractivity (Wildman–Crippen MR) is 97.8 cm³/mol. The second-order valence-corrected chi connectivity index (χ2v) is 6.43. The molecule has 2 aromatic carbocycles. The van der Waals surface area contributed by atoms with Crippen molar-refractivity contribution in [3.05, 3.63) is 64.7 Å². The molecule has 0 aromatic heterocycles. The van der Waals surface area contributed by atoms with Gasteiger partial charge in [-0.1, -0.05) is 23.7 Å². The van der Waals surface area contributed by atoms with Gasteiger partial charge in [-0.25, -0.2) is 9.18 Å².